The van der Waals surface area contributed by atoms with E-state index in [-0.39, 0.29) is 22.2 Å². The summed E-state index contributed by atoms with van der Waals surface area (Å²) < 4.78 is 5.69. The molecule has 8 nitrogen and oxygen atoms in total. The molecule has 148 valence electrons. The number of thiocarbonyl (C=S) groups is 1. The quantitative estimate of drug-likeness (QED) is 0.278. The first kappa shape index (κ1) is 21.1. The Labute approximate surface area is 167 Å². The van der Waals surface area contributed by atoms with Gasteiger partial charge in [-0.25, -0.2) is 0 Å². The molecule has 0 spiro atoms. The van der Waals surface area contributed by atoms with Crippen LogP contribution in [0.25, 0.3) is 0 Å². The Balaban J connectivity index is 2.06. The first-order valence-electron chi connectivity index (χ1n) is 8.59. The highest BCUT2D eigenvalue weighted by Gasteiger charge is 2.16. The fraction of sp³-hybridized carbons (Fsp3) is 0.263. The Morgan fingerprint density at radius 2 is 2.00 bits per heavy atom. The van der Waals surface area contributed by atoms with Gasteiger partial charge in [0.25, 0.3) is 11.6 Å². The lowest BCUT2D eigenvalue weighted by molar-refractivity contribution is -0.384. The Bertz CT molecular complexity index is 886. The number of nitro groups is 1. The van der Waals surface area contributed by atoms with E-state index in [0.717, 1.165) is 18.6 Å². The highest BCUT2D eigenvalue weighted by atomic mass is 32.1. The van der Waals surface area contributed by atoms with Crippen molar-refractivity contribution < 1.29 is 19.6 Å². The third-order valence-corrected chi connectivity index (χ3v) is 3.95. The minimum Gasteiger partial charge on any atom is -0.506 e. The van der Waals surface area contributed by atoms with Crippen molar-refractivity contribution in [2.24, 2.45) is 5.92 Å². The molecule has 0 heterocycles. The third kappa shape index (κ3) is 5.92. The van der Waals surface area contributed by atoms with Crippen molar-refractivity contribution in [3.63, 3.8) is 0 Å². The molecule has 9 heteroatoms. The van der Waals surface area contributed by atoms with Gasteiger partial charge in [0.1, 0.15) is 11.5 Å². The smallest absolute Gasteiger partial charge is 0.271 e. The summed E-state index contributed by atoms with van der Waals surface area (Å²) in [5, 5.41) is 25.6. The van der Waals surface area contributed by atoms with E-state index < -0.39 is 10.8 Å². The van der Waals surface area contributed by atoms with Gasteiger partial charge in [-0.1, -0.05) is 26.0 Å². The summed E-state index contributed by atoms with van der Waals surface area (Å²) >= 11 is 5.08. The Morgan fingerprint density at radius 3 is 2.68 bits per heavy atom. The summed E-state index contributed by atoms with van der Waals surface area (Å²) in [7, 11) is 0. The van der Waals surface area contributed by atoms with Crippen molar-refractivity contribution in [1.29, 1.82) is 0 Å². The highest BCUT2D eigenvalue weighted by molar-refractivity contribution is 7.80. The van der Waals surface area contributed by atoms with Crippen molar-refractivity contribution in [2.45, 2.75) is 20.3 Å². The number of nitro benzene ring substituents is 1. The van der Waals surface area contributed by atoms with E-state index in [1.54, 1.807) is 24.3 Å². The van der Waals surface area contributed by atoms with Crippen LogP contribution in [-0.2, 0) is 0 Å². The van der Waals surface area contributed by atoms with Gasteiger partial charge in [0, 0.05) is 12.1 Å². The molecule has 0 bridgehead atoms. The molecule has 2 aromatic rings. The Kier molecular flexibility index (Phi) is 7.28. The molecule has 0 saturated heterocycles. The molecule has 0 atom stereocenters. The van der Waals surface area contributed by atoms with Crippen molar-refractivity contribution in [3.05, 3.63) is 58.1 Å². The first-order valence-corrected chi connectivity index (χ1v) is 9.00. The third-order valence-electron chi connectivity index (χ3n) is 3.75. The zero-order valence-electron chi connectivity index (χ0n) is 15.5. The van der Waals surface area contributed by atoms with Crippen LogP contribution in [0.5, 0.6) is 11.5 Å². The summed E-state index contributed by atoms with van der Waals surface area (Å²) in [6, 6.07) is 10.2. The van der Waals surface area contributed by atoms with Crippen molar-refractivity contribution in [3.8, 4) is 11.5 Å². The molecule has 0 fully saturated rings. The number of nitrogens with zero attached hydrogens (tertiary/aromatic N) is 1. The van der Waals surface area contributed by atoms with Crippen LogP contribution in [0.15, 0.2) is 42.5 Å². The number of hydrogen-bond donors (Lipinski definition) is 3. The van der Waals surface area contributed by atoms with Gasteiger partial charge >= 0.3 is 0 Å². The van der Waals surface area contributed by atoms with Crippen LogP contribution in [0.3, 0.4) is 0 Å². The summed E-state index contributed by atoms with van der Waals surface area (Å²) in [5.74, 6) is 0.171. The van der Waals surface area contributed by atoms with Gasteiger partial charge in [0.2, 0.25) is 0 Å². The molecule has 2 rings (SSSR count). The highest BCUT2D eigenvalue weighted by Crippen LogP contribution is 2.27. The number of benzene rings is 2. The van der Waals surface area contributed by atoms with E-state index in [0.29, 0.717) is 23.8 Å². The van der Waals surface area contributed by atoms with E-state index in [4.69, 9.17) is 17.0 Å². The molecule has 0 aliphatic rings. The second-order valence-electron chi connectivity index (χ2n) is 6.39. The summed E-state index contributed by atoms with van der Waals surface area (Å²) in [6.45, 7) is 4.64. The normalized spacial score (nSPS) is 10.4. The minimum absolute atomic E-state index is 0.0148. The molecule has 0 aromatic heterocycles. The standard InChI is InChI=1S/C19H21N3O5S/c1-12(2)9-10-27-17-6-4-3-5-14(17)18(24)21-19(28)20-15-11-13(22(25)26)7-8-16(15)23/h3-8,11-12,23H,9-10H2,1-2H3,(H2,20,21,24,28). The van der Waals surface area contributed by atoms with E-state index in [1.165, 1.54) is 6.07 Å². The molecule has 28 heavy (non-hydrogen) atoms. The van der Waals surface area contributed by atoms with Gasteiger partial charge in [0.15, 0.2) is 5.11 Å². The number of para-hydroxylation sites is 1. The number of carbonyl (C=O) groups is 1. The first-order chi connectivity index (χ1) is 13.3. The lowest BCUT2D eigenvalue weighted by Crippen LogP contribution is -2.34. The molecule has 0 aliphatic carbocycles. The minimum atomic E-state index is -0.600. The molecule has 3 N–H and O–H groups in total. The molecular weight excluding hydrogens is 382 g/mol. The van der Waals surface area contributed by atoms with Crippen LogP contribution in [0, 0.1) is 16.0 Å². The van der Waals surface area contributed by atoms with Crippen LogP contribution in [0.4, 0.5) is 11.4 Å². The van der Waals surface area contributed by atoms with Crippen LogP contribution in [-0.4, -0.2) is 27.7 Å². The maximum atomic E-state index is 12.5. The van der Waals surface area contributed by atoms with Gasteiger partial charge in [-0.15, -0.1) is 0 Å². The number of anilines is 1. The number of phenols is 1. The van der Waals surface area contributed by atoms with Crippen molar-refractivity contribution in [1.82, 2.24) is 5.32 Å². The predicted octanol–water partition coefficient (Wildman–Crippen LogP) is 3.85. The number of carbonyl (C=O) groups excluding carboxylic acids is 1. The zero-order chi connectivity index (χ0) is 20.7. The number of rotatable bonds is 7. The van der Waals surface area contributed by atoms with Crippen molar-refractivity contribution in [2.75, 3.05) is 11.9 Å². The molecule has 1 amide bonds. The predicted molar refractivity (Wildman–Crippen MR) is 110 cm³/mol. The largest absolute Gasteiger partial charge is 0.506 e. The van der Waals surface area contributed by atoms with Crippen LogP contribution < -0.4 is 15.4 Å². The van der Waals surface area contributed by atoms with Gasteiger partial charge in [-0.2, -0.15) is 0 Å². The van der Waals surface area contributed by atoms with Gasteiger partial charge in [0.05, 0.1) is 22.8 Å². The van der Waals surface area contributed by atoms with Crippen LogP contribution >= 0.6 is 12.2 Å². The lowest BCUT2D eigenvalue weighted by atomic mass is 10.1. The van der Waals surface area contributed by atoms with Crippen LogP contribution in [0.2, 0.25) is 0 Å². The Morgan fingerprint density at radius 1 is 1.29 bits per heavy atom. The van der Waals surface area contributed by atoms with E-state index in [9.17, 15) is 20.0 Å². The van der Waals surface area contributed by atoms with Gasteiger partial charge < -0.3 is 15.2 Å². The number of hydrogen-bond acceptors (Lipinski definition) is 6. The monoisotopic (exact) mass is 403 g/mol. The van der Waals surface area contributed by atoms with E-state index in [1.807, 2.05) is 0 Å². The molecular formula is C19H21N3O5S. The number of ether oxygens (including phenoxy) is 1. The SMILES string of the molecule is CC(C)CCOc1ccccc1C(=O)NC(=S)Nc1cc([N+](=O)[O-])ccc1O. The fourth-order valence-electron chi connectivity index (χ4n) is 2.25. The number of aromatic hydroxyl groups is 1. The Hall–Kier alpha value is -3.20. The zero-order valence-corrected chi connectivity index (χ0v) is 16.3. The van der Waals surface area contributed by atoms with E-state index >= 15 is 0 Å². The maximum absolute atomic E-state index is 12.5. The molecule has 0 aliphatic heterocycles. The average Bonchev–Trinajstić information content (AvgIpc) is 2.63. The second-order valence-corrected chi connectivity index (χ2v) is 6.80. The number of amides is 1. The fourth-order valence-corrected chi connectivity index (χ4v) is 2.45. The molecule has 2 aromatic carbocycles. The van der Waals surface area contributed by atoms with Crippen molar-refractivity contribution >= 4 is 34.6 Å². The summed E-state index contributed by atoms with van der Waals surface area (Å²) in [6.07, 6.45) is 0.849. The molecule has 0 radical (unpaired) electrons. The second kappa shape index (κ2) is 9.65. The van der Waals surface area contributed by atoms with Gasteiger partial charge in [-0.3, -0.25) is 20.2 Å². The van der Waals surface area contributed by atoms with Crippen LogP contribution in [0.1, 0.15) is 30.6 Å². The number of non-ortho nitro benzene ring substituents is 1. The molecule has 0 saturated carbocycles. The van der Waals surface area contributed by atoms with Gasteiger partial charge in [-0.05, 0) is 42.8 Å². The summed E-state index contributed by atoms with van der Waals surface area (Å²) in [5.41, 5.74) is 0.0953. The summed E-state index contributed by atoms with van der Waals surface area (Å²) in [4.78, 5) is 22.8. The number of phenolic OH excluding ortho intramolecular Hbond substituents is 1. The van der Waals surface area contributed by atoms with E-state index in [2.05, 4.69) is 24.5 Å². The average molecular weight is 403 g/mol. The molecule has 0 unspecified atom stereocenters. The number of nitrogens with one attached hydrogen (secondary N) is 2. The lowest BCUT2D eigenvalue weighted by Gasteiger charge is -2.14. The topological polar surface area (TPSA) is 114 Å². The maximum Gasteiger partial charge on any atom is 0.271 e.